The van der Waals surface area contributed by atoms with Gasteiger partial charge in [0.2, 0.25) is 0 Å². The first kappa shape index (κ1) is 17.3. The third-order valence-electron chi connectivity index (χ3n) is 4.59. The van der Waals surface area contributed by atoms with Gasteiger partial charge in [-0.2, -0.15) is 0 Å². The fraction of sp³-hybridized carbons (Fsp3) is 0.444. The van der Waals surface area contributed by atoms with E-state index in [4.69, 9.17) is 15.2 Å². The maximum atomic E-state index is 14.4. The fourth-order valence-electron chi connectivity index (χ4n) is 3.20. The zero-order valence-electron chi connectivity index (χ0n) is 13.8. The first-order valence-electron chi connectivity index (χ1n) is 8.29. The Hall–Kier alpha value is -2.08. The van der Waals surface area contributed by atoms with E-state index in [1.807, 2.05) is 0 Å². The van der Waals surface area contributed by atoms with Gasteiger partial charge >= 0.3 is 0 Å². The highest BCUT2D eigenvalue weighted by molar-refractivity contribution is 8.16. The molecule has 0 aromatic heterocycles. The van der Waals surface area contributed by atoms with Crippen molar-refractivity contribution >= 4 is 22.7 Å². The molecule has 1 fully saturated rings. The molecule has 8 heteroatoms. The van der Waals surface area contributed by atoms with E-state index in [0.29, 0.717) is 37.4 Å². The van der Waals surface area contributed by atoms with Gasteiger partial charge in [-0.25, -0.2) is 4.39 Å². The summed E-state index contributed by atoms with van der Waals surface area (Å²) in [6, 6.07) is 2.55. The lowest BCUT2D eigenvalue weighted by molar-refractivity contribution is -0.111. The zero-order chi connectivity index (χ0) is 18.3. The van der Waals surface area contributed by atoms with Crippen LogP contribution >= 0.6 is 11.8 Å². The number of nitrogens with two attached hydrogens (primary N) is 1. The lowest BCUT2D eigenvalue weighted by Gasteiger charge is -2.15. The number of carbonyl (C=O) groups is 1. The van der Waals surface area contributed by atoms with Crippen molar-refractivity contribution in [1.82, 2.24) is 0 Å². The molecule has 136 valence electrons. The number of hydrogen-bond acceptors (Lipinski definition) is 6. The van der Waals surface area contributed by atoms with E-state index in [1.165, 1.54) is 17.8 Å². The second kappa shape index (κ2) is 6.58. The van der Waals surface area contributed by atoms with Crippen LogP contribution in [0.1, 0.15) is 30.0 Å². The molecule has 0 saturated carbocycles. The van der Waals surface area contributed by atoms with Crippen LogP contribution in [0.5, 0.6) is 5.75 Å². The number of halogens is 1. The van der Waals surface area contributed by atoms with Crippen molar-refractivity contribution in [3.8, 4) is 17.6 Å². The quantitative estimate of drug-likeness (QED) is 0.717. The van der Waals surface area contributed by atoms with Gasteiger partial charge < -0.3 is 20.3 Å². The SMILES string of the molecule is NC(=O)C1=NC2c3cc(C#CC4(O)CCOC4)c(F)cc3OCCC2S1. The summed E-state index contributed by atoms with van der Waals surface area (Å²) in [5.41, 5.74) is 4.93. The van der Waals surface area contributed by atoms with Gasteiger partial charge in [-0.1, -0.05) is 23.6 Å². The van der Waals surface area contributed by atoms with Crippen molar-refractivity contribution in [3.05, 3.63) is 29.1 Å². The minimum atomic E-state index is -1.25. The third-order valence-corrected chi connectivity index (χ3v) is 5.92. The van der Waals surface area contributed by atoms with Crippen LogP contribution < -0.4 is 10.5 Å². The van der Waals surface area contributed by atoms with Crippen molar-refractivity contribution in [2.75, 3.05) is 19.8 Å². The molecule has 3 aliphatic heterocycles. The van der Waals surface area contributed by atoms with Crippen LogP contribution in [0.15, 0.2) is 17.1 Å². The molecule has 0 aliphatic carbocycles. The van der Waals surface area contributed by atoms with Crippen LogP contribution in [0.4, 0.5) is 4.39 Å². The summed E-state index contributed by atoms with van der Waals surface area (Å²) >= 11 is 1.33. The Morgan fingerprint density at radius 3 is 3.04 bits per heavy atom. The molecule has 0 radical (unpaired) electrons. The predicted octanol–water partition coefficient (Wildman–Crippen LogP) is 1.15. The van der Waals surface area contributed by atoms with Crippen molar-refractivity contribution < 1.29 is 23.8 Å². The van der Waals surface area contributed by atoms with E-state index in [1.54, 1.807) is 6.07 Å². The average Bonchev–Trinajstić information content (AvgIpc) is 3.18. The van der Waals surface area contributed by atoms with E-state index < -0.39 is 17.3 Å². The van der Waals surface area contributed by atoms with Crippen LogP contribution in [0.2, 0.25) is 0 Å². The summed E-state index contributed by atoms with van der Waals surface area (Å²) in [6.07, 6.45) is 1.06. The van der Waals surface area contributed by atoms with Crippen molar-refractivity contribution in [3.63, 3.8) is 0 Å². The number of thioether (sulfide) groups is 1. The van der Waals surface area contributed by atoms with Crippen LogP contribution in [0.3, 0.4) is 0 Å². The van der Waals surface area contributed by atoms with Gasteiger partial charge in [0.25, 0.3) is 5.91 Å². The number of ether oxygens (including phenoxy) is 2. The Labute approximate surface area is 153 Å². The van der Waals surface area contributed by atoms with Gasteiger partial charge in [0.15, 0.2) is 10.6 Å². The minimum absolute atomic E-state index is 0.0115. The molecule has 1 aromatic rings. The first-order valence-corrected chi connectivity index (χ1v) is 9.17. The standard InChI is InChI=1S/C18H17FN2O4S/c19-12-8-13-11(7-10(12)1-3-18(23)4-6-24-9-18)15-14(2-5-25-13)26-17(21-15)16(20)22/h7-8,14-15,23H,2,4-6,9H2,(H2,20,22). The molecule has 6 nitrogen and oxygen atoms in total. The Morgan fingerprint density at radius 2 is 2.31 bits per heavy atom. The lowest BCUT2D eigenvalue weighted by Crippen LogP contribution is -2.26. The van der Waals surface area contributed by atoms with Gasteiger partial charge in [0.1, 0.15) is 11.6 Å². The van der Waals surface area contributed by atoms with Crippen LogP contribution in [0.25, 0.3) is 0 Å². The number of carbonyl (C=O) groups excluding carboxylic acids is 1. The molecule has 1 aromatic carbocycles. The molecule has 1 saturated heterocycles. The van der Waals surface area contributed by atoms with Gasteiger partial charge in [-0.15, -0.1) is 0 Å². The molecular formula is C18H17FN2O4S. The number of aliphatic imine (C=N–C) groups is 1. The fourth-order valence-corrected chi connectivity index (χ4v) is 4.33. The molecule has 3 unspecified atom stereocenters. The summed E-state index contributed by atoms with van der Waals surface area (Å²) in [6.45, 7) is 0.949. The average molecular weight is 376 g/mol. The molecule has 3 N–H and O–H groups in total. The third kappa shape index (κ3) is 3.18. The highest BCUT2D eigenvalue weighted by Gasteiger charge is 2.37. The molecule has 1 amide bonds. The van der Waals surface area contributed by atoms with Crippen molar-refractivity contribution in [2.24, 2.45) is 10.7 Å². The normalized spacial score (nSPS) is 29.5. The topological polar surface area (TPSA) is 94.1 Å². The second-order valence-electron chi connectivity index (χ2n) is 6.49. The molecule has 26 heavy (non-hydrogen) atoms. The number of benzene rings is 1. The summed E-state index contributed by atoms with van der Waals surface area (Å²) in [7, 11) is 0. The van der Waals surface area contributed by atoms with Gasteiger partial charge in [0.05, 0.1) is 31.4 Å². The largest absolute Gasteiger partial charge is 0.493 e. The number of hydrogen-bond donors (Lipinski definition) is 2. The number of amides is 1. The maximum absolute atomic E-state index is 14.4. The van der Waals surface area contributed by atoms with E-state index in [9.17, 15) is 14.3 Å². The smallest absolute Gasteiger partial charge is 0.273 e. The summed E-state index contributed by atoms with van der Waals surface area (Å²) < 4.78 is 25.3. The van der Waals surface area contributed by atoms with E-state index in [0.717, 1.165) is 0 Å². The Bertz CT molecular complexity index is 855. The molecule has 0 bridgehead atoms. The molecule has 0 spiro atoms. The summed E-state index contributed by atoms with van der Waals surface area (Å²) in [5.74, 6) is 4.75. The van der Waals surface area contributed by atoms with Crippen LogP contribution in [-0.4, -0.2) is 46.7 Å². The molecule has 4 rings (SSSR count). The lowest BCUT2D eigenvalue weighted by atomic mass is 9.98. The van der Waals surface area contributed by atoms with Gasteiger partial charge in [0, 0.05) is 23.3 Å². The van der Waals surface area contributed by atoms with Crippen LogP contribution in [-0.2, 0) is 9.53 Å². The molecular weight excluding hydrogens is 359 g/mol. The summed E-state index contributed by atoms with van der Waals surface area (Å²) in [5, 5.41) is 10.5. The van der Waals surface area contributed by atoms with Gasteiger partial charge in [-0.3, -0.25) is 9.79 Å². The van der Waals surface area contributed by atoms with E-state index in [-0.39, 0.29) is 28.5 Å². The highest BCUT2D eigenvalue weighted by atomic mass is 32.2. The van der Waals surface area contributed by atoms with Crippen LogP contribution in [0, 0.1) is 17.7 Å². The number of aliphatic hydroxyl groups is 1. The monoisotopic (exact) mass is 376 g/mol. The number of fused-ring (bicyclic) bond motifs is 3. The zero-order valence-corrected chi connectivity index (χ0v) is 14.6. The Morgan fingerprint density at radius 1 is 1.46 bits per heavy atom. The maximum Gasteiger partial charge on any atom is 0.273 e. The Kier molecular flexibility index (Phi) is 4.39. The Balaban J connectivity index is 1.73. The minimum Gasteiger partial charge on any atom is -0.493 e. The first-order chi connectivity index (χ1) is 12.5. The van der Waals surface area contributed by atoms with Crippen molar-refractivity contribution in [1.29, 1.82) is 0 Å². The number of rotatable bonds is 1. The predicted molar refractivity (Wildman–Crippen MR) is 94.5 cm³/mol. The van der Waals surface area contributed by atoms with Gasteiger partial charge in [-0.05, 0) is 12.5 Å². The van der Waals surface area contributed by atoms with E-state index in [2.05, 4.69) is 16.8 Å². The highest BCUT2D eigenvalue weighted by Crippen LogP contribution is 2.45. The second-order valence-corrected chi connectivity index (χ2v) is 7.72. The van der Waals surface area contributed by atoms with Crippen molar-refractivity contribution in [2.45, 2.75) is 29.7 Å². The summed E-state index contributed by atoms with van der Waals surface area (Å²) in [4.78, 5) is 15.9. The number of nitrogens with zero attached hydrogens (tertiary/aromatic N) is 1. The molecule has 3 heterocycles. The molecule has 3 aliphatic rings. The number of primary amides is 1. The molecule has 3 atom stereocenters. The van der Waals surface area contributed by atoms with E-state index >= 15 is 0 Å².